The van der Waals surface area contributed by atoms with Crippen molar-refractivity contribution in [2.24, 2.45) is 5.14 Å². The number of fused-ring (bicyclic) bond motifs is 1. The van der Waals surface area contributed by atoms with E-state index in [0.29, 0.717) is 10.4 Å². The van der Waals surface area contributed by atoms with Gasteiger partial charge in [-0.3, -0.25) is 5.11 Å². The lowest BCUT2D eigenvalue weighted by Crippen LogP contribution is -2.12. The van der Waals surface area contributed by atoms with Crippen LogP contribution in [0.3, 0.4) is 0 Å². The van der Waals surface area contributed by atoms with Gasteiger partial charge in [0.05, 0.1) is 10.3 Å². The van der Waals surface area contributed by atoms with Crippen LogP contribution in [0.4, 0.5) is 0 Å². The topological polar surface area (TPSA) is 80.1 Å². The molecule has 0 saturated heterocycles. The number of hydrogen-bond acceptors (Lipinski definition) is 2. The highest BCUT2D eigenvalue weighted by Crippen LogP contribution is 2.35. The van der Waals surface area contributed by atoms with Gasteiger partial charge in [0.1, 0.15) is 0 Å². The van der Waals surface area contributed by atoms with Crippen molar-refractivity contribution in [3.05, 3.63) is 35.4 Å². The van der Waals surface area contributed by atoms with E-state index in [0.717, 1.165) is 0 Å². The van der Waals surface area contributed by atoms with Crippen LogP contribution in [-0.2, 0) is 15.1 Å². The second kappa shape index (κ2) is 3.62. The maximum absolute atomic E-state index is 11.6. The van der Waals surface area contributed by atoms with Gasteiger partial charge in [0, 0.05) is 10.4 Å². The van der Waals surface area contributed by atoms with Crippen LogP contribution in [0.2, 0.25) is 5.02 Å². The molecule has 0 aliphatic carbocycles. The molecule has 0 unspecified atom stereocenters. The van der Waals surface area contributed by atoms with E-state index in [4.69, 9.17) is 16.7 Å². The van der Waals surface area contributed by atoms with E-state index in [-0.39, 0.29) is 10.3 Å². The molecular weight excluding hydrogens is 250 g/mol. The fourth-order valence-electron chi connectivity index (χ4n) is 1.54. The zero-order chi connectivity index (χ0) is 11.9. The summed E-state index contributed by atoms with van der Waals surface area (Å²) in [6, 6.07) is 7.01. The Hall–Kier alpha value is -1.30. The van der Waals surface area contributed by atoms with Crippen LogP contribution in [-0.4, -0.2) is 8.42 Å². The Morgan fingerprint density at radius 2 is 1.81 bits per heavy atom. The molecule has 0 saturated carbocycles. The average Bonchev–Trinajstić information content (AvgIpc) is 2.22. The molecule has 0 bridgehead atoms. The lowest BCUT2D eigenvalue weighted by Gasteiger charge is -2.06. The molecule has 2 aromatic carbocycles. The summed E-state index contributed by atoms with van der Waals surface area (Å²) in [6.45, 7) is 0. The van der Waals surface area contributed by atoms with Crippen molar-refractivity contribution in [3.8, 4) is 5.75 Å². The van der Waals surface area contributed by atoms with Gasteiger partial charge in [-0.2, -0.15) is 0 Å². The predicted octanol–water partition coefficient (Wildman–Crippen LogP) is 2.28. The van der Waals surface area contributed by atoms with E-state index in [1.165, 1.54) is 24.3 Å². The molecule has 2 rings (SSSR count). The highest BCUT2D eigenvalue weighted by atomic mass is 35.5. The van der Waals surface area contributed by atoms with Crippen molar-refractivity contribution >= 4 is 32.4 Å². The SMILES string of the molecule is NS(=O)(=O)c1cccc2c(Cl)ccc([O])c12. The van der Waals surface area contributed by atoms with E-state index >= 15 is 0 Å². The summed E-state index contributed by atoms with van der Waals surface area (Å²) in [5, 5.41) is 17.4. The minimum atomic E-state index is -3.93. The Morgan fingerprint density at radius 1 is 1.12 bits per heavy atom. The van der Waals surface area contributed by atoms with Crippen LogP contribution in [0.5, 0.6) is 5.75 Å². The van der Waals surface area contributed by atoms with Gasteiger partial charge >= 0.3 is 0 Å². The number of nitrogens with two attached hydrogens (primary N) is 1. The first-order chi connectivity index (χ1) is 7.41. The van der Waals surface area contributed by atoms with Crippen LogP contribution in [0.15, 0.2) is 35.2 Å². The molecule has 0 aliphatic heterocycles. The highest BCUT2D eigenvalue weighted by molar-refractivity contribution is 7.89. The summed E-state index contributed by atoms with van der Waals surface area (Å²) < 4.78 is 22.6. The molecule has 0 fully saturated rings. The Morgan fingerprint density at radius 3 is 2.44 bits per heavy atom. The van der Waals surface area contributed by atoms with E-state index < -0.39 is 15.8 Å². The lowest BCUT2D eigenvalue weighted by atomic mass is 10.1. The molecule has 83 valence electrons. The summed E-state index contributed by atoms with van der Waals surface area (Å²) in [5.41, 5.74) is 0. The molecule has 0 heterocycles. The van der Waals surface area contributed by atoms with Gasteiger partial charge in [-0.05, 0) is 18.2 Å². The maximum atomic E-state index is 11.6. The van der Waals surface area contributed by atoms with Crippen LogP contribution in [0, 0.1) is 0 Å². The van der Waals surface area contributed by atoms with E-state index in [1.54, 1.807) is 6.07 Å². The molecule has 0 aliphatic rings. The molecule has 0 spiro atoms. The van der Waals surface area contributed by atoms with Gasteiger partial charge in [0.2, 0.25) is 10.0 Å². The van der Waals surface area contributed by atoms with Gasteiger partial charge in [-0.1, -0.05) is 23.7 Å². The van der Waals surface area contributed by atoms with Crippen LogP contribution >= 0.6 is 11.6 Å². The van der Waals surface area contributed by atoms with Crippen molar-refractivity contribution in [2.75, 3.05) is 0 Å². The largest absolute Gasteiger partial charge is 0.289 e. The van der Waals surface area contributed by atoms with Crippen molar-refractivity contribution in [1.82, 2.24) is 0 Å². The standard InChI is InChI=1S/C10H7ClNO3S/c11-7-4-5-8(13)10-6(7)2-1-3-9(10)16(12,14)15/h1-5H,(H2,12,14,15). The average molecular weight is 257 g/mol. The Labute approximate surface area is 97.3 Å². The number of hydrogen-bond donors (Lipinski definition) is 1. The van der Waals surface area contributed by atoms with Gasteiger partial charge in [-0.15, -0.1) is 0 Å². The third kappa shape index (κ3) is 1.73. The zero-order valence-corrected chi connectivity index (χ0v) is 9.55. The molecule has 0 atom stereocenters. The minimum absolute atomic E-state index is 0.0394. The molecule has 2 aromatic rings. The van der Waals surface area contributed by atoms with Gasteiger partial charge in [0.15, 0.2) is 5.75 Å². The normalized spacial score (nSPS) is 11.9. The third-order valence-electron chi connectivity index (χ3n) is 2.22. The molecule has 1 radical (unpaired) electrons. The minimum Gasteiger partial charge on any atom is -0.289 e. The second-order valence-corrected chi connectivity index (χ2v) is 5.21. The number of benzene rings is 2. The van der Waals surface area contributed by atoms with E-state index in [9.17, 15) is 13.5 Å². The fraction of sp³-hybridized carbons (Fsp3) is 0. The van der Waals surface area contributed by atoms with E-state index in [1.807, 2.05) is 0 Å². The Kier molecular flexibility index (Phi) is 2.53. The number of sulfonamides is 1. The molecule has 6 heteroatoms. The van der Waals surface area contributed by atoms with E-state index in [2.05, 4.69) is 0 Å². The van der Waals surface area contributed by atoms with Crippen molar-refractivity contribution in [1.29, 1.82) is 0 Å². The molecule has 0 amide bonds. The summed E-state index contributed by atoms with van der Waals surface area (Å²) in [6.07, 6.45) is 0. The number of rotatable bonds is 1. The molecular formula is C10H7ClNO3S. The maximum Gasteiger partial charge on any atom is 0.238 e. The van der Waals surface area contributed by atoms with Crippen molar-refractivity contribution < 1.29 is 13.5 Å². The van der Waals surface area contributed by atoms with Crippen LogP contribution in [0.25, 0.3) is 10.8 Å². The van der Waals surface area contributed by atoms with Crippen LogP contribution in [0.1, 0.15) is 0 Å². The number of halogens is 1. The fourth-order valence-corrected chi connectivity index (χ4v) is 2.53. The lowest BCUT2D eigenvalue weighted by molar-refractivity contribution is 0.359. The summed E-state index contributed by atoms with van der Waals surface area (Å²) >= 11 is 5.88. The monoisotopic (exact) mass is 256 g/mol. The second-order valence-electron chi connectivity index (χ2n) is 3.27. The highest BCUT2D eigenvalue weighted by Gasteiger charge is 2.17. The third-order valence-corrected chi connectivity index (χ3v) is 3.50. The van der Waals surface area contributed by atoms with Crippen molar-refractivity contribution in [2.45, 2.75) is 4.90 Å². The molecule has 16 heavy (non-hydrogen) atoms. The molecule has 2 N–H and O–H groups in total. The van der Waals surface area contributed by atoms with Gasteiger partial charge < -0.3 is 0 Å². The van der Waals surface area contributed by atoms with Gasteiger partial charge in [0.25, 0.3) is 0 Å². The van der Waals surface area contributed by atoms with Crippen LogP contribution < -0.4 is 5.14 Å². The molecule has 4 nitrogen and oxygen atoms in total. The Balaban J connectivity index is 3.04. The quantitative estimate of drug-likeness (QED) is 0.849. The Bertz CT molecular complexity index is 667. The number of primary sulfonamides is 1. The summed E-state index contributed by atoms with van der Waals surface area (Å²) in [7, 11) is -3.93. The predicted molar refractivity (Wildman–Crippen MR) is 60.5 cm³/mol. The smallest absolute Gasteiger partial charge is 0.238 e. The van der Waals surface area contributed by atoms with Crippen molar-refractivity contribution in [3.63, 3.8) is 0 Å². The summed E-state index contributed by atoms with van der Waals surface area (Å²) in [4.78, 5) is -0.197. The first kappa shape index (κ1) is 11.2. The first-order valence-electron chi connectivity index (χ1n) is 4.32. The summed E-state index contributed by atoms with van der Waals surface area (Å²) in [5.74, 6) is -0.413. The zero-order valence-electron chi connectivity index (χ0n) is 7.98. The van der Waals surface area contributed by atoms with Gasteiger partial charge in [-0.25, -0.2) is 13.6 Å². The first-order valence-corrected chi connectivity index (χ1v) is 6.25. The molecule has 0 aromatic heterocycles.